The van der Waals surface area contributed by atoms with E-state index in [1.54, 1.807) is 0 Å². The molecule has 110 valence electrons. The quantitative estimate of drug-likeness (QED) is 0.861. The number of hydrogen-bond acceptors (Lipinski definition) is 4. The first-order valence-corrected chi connectivity index (χ1v) is 7.36. The van der Waals surface area contributed by atoms with Crippen molar-refractivity contribution in [3.05, 3.63) is 53.8 Å². The van der Waals surface area contributed by atoms with Crippen molar-refractivity contribution in [2.45, 2.75) is 4.90 Å². The Labute approximate surface area is 121 Å². The maximum absolute atomic E-state index is 12.8. The molecule has 0 fully saturated rings. The highest BCUT2D eigenvalue weighted by Crippen LogP contribution is 2.27. The molecule has 0 unspecified atom stereocenters. The van der Waals surface area contributed by atoms with Gasteiger partial charge in [0.15, 0.2) is 0 Å². The zero-order valence-electron chi connectivity index (χ0n) is 11.0. The zero-order valence-corrected chi connectivity index (χ0v) is 11.9. The number of ether oxygens (including phenoxy) is 1. The third-order valence-corrected chi connectivity index (χ3v) is 4.11. The Morgan fingerprint density at radius 3 is 2.38 bits per heavy atom. The summed E-state index contributed by atoms with van der Waals surface area (Å²) in [7, 11) is -2.52. The summed E-state index contributed by atoms with van der Waals surface area (Å²) in [5, 5.41) is 0. The summed E-state index contributed by atoms with van der Waals surface area (Å²) in [5.41, 5.74) is 0.430. The average molecular weight is 309 g/mol. The Morgan fingerprint density at radius 1 is 1.14 bits per heavy atom. The lowest BCUT2D eigenvalue weighted by Crippen LogP contribution is -2.13. The fraction of sp³-hybridized carbons (Fsp3) is 0.0714. The Morgan fingerprint density at radius 2 is 1.81 bits per heavy atom. The van der Waals surface area contributed by atoms with Gasteiger partial charge in [0.1, 0.15) is 17.9 Å². The van der Waals surface area contributed by atoms with Gasteiger partial charge in [-0.1, -0.05) is 0 Å². The van der Waals surface area contributed by atoms with Crippen LogP contribution in [-0.4, -0.2) is 21.8 Å². The summed E-state index contributed by atoms with van der Waals surface area (Å²) >= 11 is 0. The number of methoxy groups -OCH3 is 1. The number of anilines is 1. The minimum atomic E-state index is -3.90. The number of nitrogens with one attached hydrogen (secondary N) is 1. The molecule has 21 heavy (non-hydrogen) atoms. The van der Waals surface area contributed by atoms with E-state index in [1.807, 2.05) is 0 Å². The molecule has 5 nitrogen and oxygen atoms in total. The monoisotopic (exact) mass is 309 g/mol. The van der Waals surface area contributed by atoms with Crippen LogP contribution in [-0.2, 0) is 10.0 Å². The van der Waals surface area contributed by atoms with Gasteiger partial charge in [0.05, 0.1) is 17.7 Å². The first-order valence-electron chi connectivity index (χ1n) is 5.88. The number of halogens is 1. The number of carbonyl (C=O) groups is 1. The minimum absolute atomic E-state index is 0.0949. The van der Waals surface area contributed by atoms with Gasteiger partial charge in [0, 0.05) is 5.56 Å². The van der Waals surface area contributed by atoms with Gasteiger partial charge in [0.25, 0.3) is 10.0 Å². The van der Waals surface area contributed by atoms with Crippen LogP contribution >= 0.6 is 0 Å². The normalized spacial score (nSPS) is 11.0. The number of benzene rings is 2. The Balaban J connectivity index is 2.40. The molecule has 0 atom stereocenters. The van der Waals surface area contributed by atoms with Gasteiger partial charge < -0.3 is 4.74 Å². The predicted molar refractivity (Wildman–Crippen MR) is 75.6 cm³/mol. The zero-order chi connectivity index (χ0) is 15.5. The molecule has 0 spiro atoms. The van der Waals surface area contributed by atoms with Crippen molar-refractivity contribution in [2.24, 2.45) is 0 Å². The molecule has 0 heterocycles. The van der Waals surface area contributed by atoms with E-state index >= 15 is 0 Å². The maximum Gasteiger partial charge on any atom is 0.262 e. The first-order chi connectivity index (χ1) is 9.96. The van der Waals surface area contributed by atoms with Gasteiger partial charge in [-0.2, -0.15) is 0 Å². The number of aldehydes is 1. The second-order valence-electron chi connectivity index (χ2n) is 4.14. The standard InChI is InChI=1S/C14H12FNO4S/c1-20-14-7-2-10(9-17)8-13(14)16-21(18,19)12-5-3-11(15)4-6-12/h2-9,16H,1H3. The molecular weight excluding hydrogens is 297 g/mol. The molecule has 1 N–H and O–H groups in total. The molecule has 7 heteroatoms. The fourth-order valence-electron chi connectivity index (χ4n) is 1.70. The van der Waals surface area contributed by atoms with Crippen LogP contribution < -0.4 is 9.46 Å². The van der Waals surface area contributed by atoms with Crippen LogP contribution in [0.2, 0.25) is 0 Å². The first kappa shape index (κ1) is 15.0. The van der Waals surface area contributed by atoms with Crippen LogP contribution in [0.15, 0.2) is 47.4 Å². The summed E-state index contributed by atoms with van der Waals surface area (Å²) in [6.45, 7) is 0. The molecule has 0 amide bonds. The van der Waals surface area contributed by atoms with Crippen molar-refractivity contribution >= 4 is 22.0 Å². The topological polar surface area (TPSA) is 72.5 Å². The summed E-state index contributed by atoms with van der Waals surface area (Å²) in [6, 6.07) is 8.73. The number of rotatable bonds is 5. The van der Waals surface area contributed by atoms with E-state index in [-0.39, 0.29) is 16.3 Å². The van der Waals surface area contributed by atoms with Gasteiger partial charge in [-0.05, 0) is 42.5 Å². The van der Waals surface area contributed by atoms with Crippen LogP contribution in [0.5, 0.6) is 5.75 Å². The van der Waals surface area contributed by atoms with Crippen molar-refractivity contribution < 1.29 is 22.3 Å². The SMILES string of the molecule is COc1ccc(C=O)cc1NS(=O)(=O)c1ccc(F)cc1. The minimum Gasteiger partial charge on any atom is -0.495 e. The Hall–Kier alpha value is -2.41. The molecule has 0 bridgehead atoms. The van der Waals surface area contributed by atoms with Gasteiger partial charge in [-0.3, -0.25) is 9.52 Å². The van der Waals surface area contributed by atoms with Crippen LogP contribution in [0, 0.1) is 5.82 Å². The highest BCUT2D eigenvalue weighted by Gasteiger charge is 2.17. The predicted octanol–water partition coefficient (Wildman–Crippen LogP) is 2.45. The molecule has 0 aliphatic heterocycles. The maximum atomic E-state index is 12.8. The lowest BCUT2D eigenvalue weighted by Gasteiger charge is -2.12. The van der Waals surface area contributed by atoms with Crippen LogP contribution in [0.25, 0.3) is 0 Å². The Bertz CT molecular complexity index is 757. The van der Waals surface area contributed by atoms with E-state index in [0.29, 0.717) is 11.8 Å². The molecule has 0 saturated heterocycles. The number of carbonyl (C=O) groups excluding carboxylic acids is 1. The molecule has 2 rings (SSSR count). The van der Waals surface area contributed by atoms with Crippen molar-refractivity contribution in [1.82, 2.24) is 0 Å². The van der Waals surface area contributed by atoms with Crippen molar-refractivity contribution in [3.63, 3.8) is 0 Å². The largest absolute Gasteiger partial charge is 0.495 e. The summed E-state index contributed by atoms with van der Waals surface area (Å²) < 4.78 is 44.6. The van der Waals surface area contributed by atoms with Gasteiger partial charge >= 0.3 is 0 Å². The lowest BCUT2D eigenvalue weighted by molar-refractivity contribution is 0.112. The van der Waals surface area contributed by atoms with E-state index < -0.39 is 15.8 Å². The van der Waals surface area contributed by atoms with Crippen molar-refractivity contribution in [1.29, 1.82) is 0 Å². The van der Waals surface area contributed by atoms with E-state index in [4.69, 9.17) is 4.74 Å². The summed E-state index contributed by atoms with van der Waals surface area (Å²) in [5.74, 6) is -0.263. The molecule has 0 aliphatic rings. The Kier molecular flexibility index (Phi) is 4.23. The molecule has 0 saturated carbocycles. The highest BCUT2D eigenvalue weighted by atomic mass is 32.2. The van der Waals surface area contributed by atoms with Gasteiger partial charge in [-0.25, -0.2) is 12.8 Å². The summed E-state index contributed by atoms with van der Waals surface area (Å²) in [4.78, 5) is 10.7. The van der Waals surface area contributed by atoms with Gasteiger partial charge in [0.2, 0.25) is 0 Å². The highest BCUT2D eigenvalue weighted by molar-refractivity contribution is 7.92. The molecule has 0 radical (unpaired) electrons. The molecule has 0 aliphatic carbocycles. The molecular formula is C14H12FNO4S. The second kappa shape index (κ2) is 5.92. The van der Waals surface area contributed by atoms with Gasteiger partial charge in [-0.15, -0.1) is 0 Å². The van der Waals surface area contributed by atoms with E-state index in [2.05, 4.69) is 4.72 Å². The smallest absolute Gasteiger partial charge is 0.262 e. The average Bonchev–Trinajstić information content (AvgIpc) is 2.47. The van der Waals surface area contributed by atoms with E-state index in [0.717, 1.165) is 24.3 Å². The molecule has 2 aromatic carbocycles. The summed E-state index contributed by atoms with van der Waals surface area (Å²) in [6.07, 6.45) is 0.592. The fourth-order valence-corrected chi connectivity index (χ4v) is 2.76. The third kappa shape index (κ3) is 3.38. The van der Waals surface area contributed by atoms with E-state index in [1.165, 1.54) is 25.3 Å². The van der Waals surface area contributed by atoms with E-state index in [9.17, 15) is 17.6 Å². The third-order valence-electron chi connectivity index (χ3n) is 2.73. The van der Waals surface area contributed by atoms with Crippen LogP contribution in [0.1, 0.15) is 10.4 Å². The lowest BCUT2D eigenvalue weighted by atomic mass is 10.2. The molecule has 0 aromatic heterocycles. The molecule has 2 aromatic rings. The van der Waals surface area contributed by atoms with Crippen LogP contribution in [0.4, 0.5) is 10.1 Å². The van der Waals surface area contributed by atoms with Crippen molar-refractivity contribution in [2.75, 3.05) is 11.8 Å². The number of sulfonamides is 1. The van der Waals surface area contributed by atoms with Crippen molar-refractivity contribution in [3.8, 4) is 5.75 Å². The van der Waals surface area contributed by atoms with Crippen LogP contribution in [0.3, 0.4) is 0 Å². The second-order valence-corrected chi connectivity index (χ2v) is 5.82. The number of hydrogen-bond donors (Lipinski definition) is 1.